The minimum Gasteiger partial charge on any atom is -0.505 e. The first-order chi connectivity index (χ1) is 14.5. The van der Waals surface area contributed by atoms with Crippen molar-refractivity contribution in [2.75, 3.05) is 28.5 Å². The van der Waals surface area contributed by atoms with Crippen molar-refractivity contribution in [1.82, 2.24) is 4.98 Å². The summed E-state index contributed by atoms with van der Waals surface area (Å²) in [7, 11) is -8.10. The standard InChI is InChI=1S/C20H23N3O6S2/c1-3-23(11-12-30(25,26)27)19-9-8-17(14(2)20(19)24)22-31(28,29)16-7-6-15-5-4-10-21-18(15)13-16/h4-10,13,22,24H,3,11-12H2,1-2H3,(H,25,26,27). The van der Waals surface area contributed by atoms with Crippen molar-refractivity contribution < 1.29 is 26.5 Å². The predicted octanol–water partition coefficient (Wildman–Crippen LogP) is 2.76. The highest BCUT2D eigenvalue weighted by molar-refractivity contribution is 7.92. The SMILES string of the molecule is CCN(CCS(=O)(=O)O)c1ccc(NS(=O)(=O)c2ccc3cccnc3c2)c(C)c1O. The molecule has 0 saturated carbocycles. The minimum absolute atomic E-state index is 0.0303. The Labute approximate surface area is 181 Å². The van der Waals surface area contributed by atoms with E-state index in [4.69, 9.17) is 4.55 Å². The molecule has 11 heteroatoms. The van der Waals surface area contributed by atoms with Crippen LogP contribution in [0.2, 0.25) is 0 Å². The lowest BCUT2D eigenvalue weighted by molar-refractivity contribution is 0.468. The number of fused-ring (bicyclic) bond motifs is 1. The van der Waals surface area contributed by atoms with Crippen LogP contribution in [-0.2, 0) is 20.1 Å². The van der Waals surface area contributed by atoms with Crippen molar-refractivity contribution >= 4 is 42.4 Å². The largest absolute Gasteiger partial charge is 0.505 e. The maximum atomic E-state index is 12.9. The Morgan fingerprint density at radius 1 is 1.10 bits per heavy atom. The minimum atomic E-state index is -4.16. The summed E-state index contributed by atoms with van der Waals surface area (Å²) in [5, 5.41) is 11.4. The van der Waals surface area contributed by atoms with Gasteiger partial charge in [0, 0.05) is 30.2 Å². The molecule has 0 atom stereocenters. The van der Waals surface area contributed by atoms with Crippen LogP contribution in [0.3, 0.4) is 0 Å². The fraction of sp³-hybridized carbons (Fsp3) is 0.250. The molecule has 0 spiro atoms. The summed E-state index contributed by atoms with van der Waals surface area (Å²) in [5.74, 6) is -0.679. The van der Waals surface area contributed by atoms with Gasteiger partial charge in [0.15, 0.2) is 0 Å². The molecule has 3 N–H and O–H groups in total. The average molecular weight is 466 g/mol. The molecule has 0 radical (unpaired) electrons. The number of phenolic OH excluding ortho intramolecular Hbond substituents is 1. The van der Waals surface area contributed by atoms with Crippen LogP contribution < -0.4 is 9.62 Å². The zero-order chi connectivity index (χ0) is 22.8. The van der Waals surface area contributed by atoms with Gasteiger partial charge in [-0.2, -0.15) is 8.42 Å². The summed E-state index contributed by atoms with van der Waals surface area (Å²) < 4.78 is 59.3. The first-order valence-corrected chi connectivity index (χ1v) is 12.5. The second-order valence-electron chi connectivity index (χ2n) is 6.93. The molecule has 31 heavy (non-hydrogen) atoms. The molecular formula is C20H23N3O6S2. The summed E-state index contributed by atoms with van der Waals surface area (Å²) in [6.07, 6.45) is 1.58. The third kappa shape index (κ3) is 5.24. The van der Waals surface area contributed by atoms with Crippen molar-refractivity contribution in [1.29, 1.82) is 0 Å². The molecule has 1 aromatic heterocycles. The Morgan fingerprint density at radius 3 is 2.52 bits per heavy atom. The van der Waals surface area contributed by atoms with Gasteiger partial charge in [0.25, 0.3) is 20.1 Å². The van der Waals surface area contributed by atoms with Crippen LogP contribution in [0, 0.1) is 6.92 Å². The number of sulfonamides is 1. The summed E-state index contributed by atoms with van der Waals surface area (Å²) >= 11 is 0. The van der Waals surface area contributed by atoms with Gasteiger partial charge in [-0.05, 0) is 44.2 Å². The quantitative estimate of drug-likeness (QED) is 0.432. The van der Waals surface area contributed by atoms with E-state index in [9.17, 15) is 21.9 Å². The smallest absolute Gasteiger partial charge is 0.266 e. The molecule has 9 nitrogen and oxygen atoms in total. The first kappa shape index (κ1) is 22.8. The number of phenols is 1. The molecule has 2 aromatic carbocycles. The van der Waals surface area contributed by atoms with Gasteiger partial charge in [-0.3, -0.25) is 14.3 Å². The maximum Gasteiger partial charge on any atom is 0.266 e. The van der Waals surface area contributed by atoms with E-state index >= 15 is 0 Å². The second kappa shape index (κ2) is 8.69. The number of pyridine rings is 1. The molecule has 0 amide bonds. The molecule has 166 valence electrons. The van der Waals surface area contributed by atoms with E-state index in [1.165, 1.54) is 24.3 Å². The number of nitrogens with zero attached hydrogens (tertiary/aromatic N) is 2. The topological polar surface area (TPSA) is 137 Å². The zero-order valence-corrected chi connectivity index (χ0v) is 18.6. The van der Waals surface area contributed by atoms with Gasteiger partial charge in [-0.1, -0.05) is 12.1 Å². The maximum absolute atomic E-state index is 12.9. The number of aromatic nitrogens is 1. The number of hydrogen-bond acceptors (Lipinski definition) is 7. The average Bonchev–Trinajstić information content (AvgIpc) is 2.72. The van der Waals surface area contributed by atoms with Crippen molar-refractivity contribution in [3.8, 4) is 5.75 Å². The van der Waals surface area contributed by atoms with Crippen LogP contribution in [0.5, 0.6) is 5.75 Å². The molecular weight excluding hydrogens is 442 g/mol. The van der Waals surface area contributed by atoms with E-state index in [1.807, 2.05) is 6.07 Å². The monoisotopic (exact) mass is 465 g/mol. The summed E-state index contributed by atoms with van der Waals surface area (Å²) in [6.45, 7) is 3.66. The molecule has 0 fully saturated rings. The molecule has 0 saturated heterocycles. The van der Waals surface area contributed by atoms with Crippen LogP contribution >= 0.6 is 0 Å². The number of rotatable bonds is 8. The number of nitrogens with one attached hydrogen (secondary N) is 1. The molecule has 0 unspecified atom stereocenters. The van der Waals surface area contributed by atoms with Gasteiger partial charge in [-0.25, -0.2) is 8.42 Å². The van der Waals surface area contributed by atoms with Gasteiger partial charge in [0.1, 0.15) is 5.75 Å². The molecule has 3 aromatic rings. The van der Waals surface area contributed by atoms with Crippen LogP contribution in [0.4, 0.5) is 11.4 Å². The number of hydrogen-bond donors (Lipinski definition) is 3. The third-order valence-electron chi connectivity index (χ3n) is 4.88. The van der Waals surface area contributed by atoms with Crippen molar-refractivity contribution in [2.24, 2.45) is 0 Å². The molecule has 0 aliphatic heterocycles. The van der Waals surface area contributed by atoms with Crippen LogP contribution in [-0.4, -0.2) is 50.3 Å². The normalized spacial score (nSPS) is 12.1. The molecule has 0 aliphatic carbocycles. The highest BCUT2D eigenvalue weighted by atomic mass is 32.2. The lowest BCUT2D eigenvalue weighted by Gasteiger charge is -2.25. The van der Waals surface area contributed by atoms with Crippen LogP contribution in [0.15, 0.2) is 53.6 Å². The van der Waals surface area contributed by atoms with Crippen molar-refractivity contribution in [3.63, 3.8) is 0 Å². The van der Waals surface area contributed by atoms with E-state index in [0.717, 1.165) is 5.39 Å². The Balaban J connectivity index is 1.89. The fourth-order valence-electron chi connectivity index (χ4n) is 3.14. The van der Waals surface area contributed by atoms with E-state index in [0.29, 0.717) is 17.7 Å². The Morgan fingerprint density at radius 2 is 1.84 bits per heavy atom. The van der Waals surface area contributed by atoms with Gasteiger partial charge in [0.05, 0.1) is 27.5 Å². The van der Waals surface area contributed by atoms with Crippen LogP contribution in [0.1, 0.15) is 12.5 Å². The fourth-order valence-corrected chi connectivity index (χ4v) is 4.74. The predicted molar refractivity (Wildman–Crippen MR) is 120 cm³/mol. The number of anilines is 2. The van der Waals surface area contributed by atoms with E-state index in [-0.39, 0.29) is 28.4 Å². The highest BCUT2D eigenvalue weighted by Crippen LogP contribution is 2.36. The summed E-state index contributed by atoms with van der Waals surface area (Å²) in [6, 6.07) is 11.2. The molecule has 0 aliphatic rings. The third-order valence-corrected chi connectivity index (χ3v) is 6.94. The molecule has 1 heterocycles. The van der Waals surface area contributed by atoms with Gasteiger partial charge < -0.3 is 10.0 Å². The Kier molecular flexibility index (Phi) is 6.39. The summed E-state index contributed by atoms with van der Waals surface area (Å²) in [5.41, 5.74) is 1.35. The highest BCUT2D eigenvalue weighted by Gasteiger charge is 2.20. The Bertz CT molecular complexity index is 1320. The van der Waals surface area contributed by atoms with Crippen molar-refractivity contribution in [3.05, 3.63) is 54.2 Å². The summed E-state index contributed by atoms with van der Waals surface area (Å²) in [4.78, 5) is 5.78. The van der Waals surface area contributed by atoms with E-state index in [1.54, 1.807) is 37.1 Å². The molecule has 3 rings (SSSR count). The van der Waals surface area contributed by atoms with Gasteiger partial charge >= 0.3 is 0 Å². The van der Waals surface area contributed by atoms with Gasteiger partial charge in [-0.15, -0.1) is 0 Å². The zero-order valence-electron chi connectivity index (χ0n) is 17.0. The molecule has 0 bridgehead atoms. The first-order valence-electron chi connectivity index (χ1n) is 9.42. The Hall–Kier alpha value is -2.89. The number of benzene rings is 2. The van der Waals surface area contributed by atoms with E-state index < -0.39 is 25.9 Å². The van der Waals surface area contributed by atoms with Crippen molar-refractivity contribution in [2.45, 2.75) is 18.7 Å². The lowest BCUT2D eigenvalue weighted by atomic mass is 10.1. The van der Waals surface area contributed by atoms with Gasteiger partial charge in [0.2, 0.25) is 0 Å². The van der Waals surface area contributed by atoms with Crippen LogP contribution in [0.25, 0.3) is 10.9 Å². The lowest BCUT2D eigenvalue weighted by Crippen LogP contribution is -2.29. The second-order valence-corrected chi connectivity index (χ2v) is 10.2. The number of aromatic hydroxyl groups is 1. The van der Waals surface area contributed by atoms with E-state index in [2.05, 4.69) is 9.71 Å².